The summed E-state index contributed by atoms with van der Waals surface area (Å²) in [7, 11) is 1.54. The standard InChI is InChI=1S/C20H13F3N2O3S/c1-27-14-5-6-17-11(7-14)8-15(18(26)28-17)16-10-29-19(25-16)24-13-4-2-3-12(9-13)20(21,22)23/h2-10H,1H3,(H,24,25). The molecule has 4 aromatic rings. The summed E-state index contributed by atoms with van der Waals surface area (Å²) >= 11 is 1.17. The number of nitrogens with zero attached hydrogens (tertiary/aromatic N) is 1. The van der Waals surface area contributed by atoms with Crippen molar-refractivity contribution in [1.29, 1.82) is 0 Å². The lowest BCUT2D eigenvalue weighted by atomic mass is 10.1. The molecule has 1 N–H and O–H groups in total. The highest BCUT2D eigenvalue weighted by Crippen LogP contribution is 2.33. The van der Waals surface area contributed by atoms with Gasteiger partial charge in [-0.2, -0.15) is 13.2 Å². The highest BCUT2D eigenvalue weighted by molar-refractivity contribution is 7.14. The number of methoxy groups -OCH3 is 1. The number of nitrogens with one attached hydrogen (secondary N) is 1. The second kappa shape index (κ2) is 7.25. The first-order valence-electron chi connectivity index (χ1n) is 8.35. The maximum absolute atomic E-state index is 12.9. The van der Waals surface area contributed by atoms with E-state index in [4.69, 9.17) is 9.15 Å². The molecule has 0 aliphatic heterocycles. The molecule has 0 radical (unpaired) electrons. The van der Waals surface area contributed by atoms with Gasteiger partial charge in [0.05, 0.1) is 23.9 Å². The van der Waals surface area contributed by atoms with Gasteiger partial charge in [0.2, 0.25) is 0 Å². The lowest BCUT2D eigenvalue weighted by Gasteiger charge is -2.08. The normalized spacial score (nSPS) is 11.6. The molecule has 0 aliphatic rings. The second-order valence-electron chi connectivity index (χ2n) is 6.09. The van der Waals surface area contributed by atoms with Crippen LogP contribution in [-0.4, -0.2) is 12.1 Å². The number of alkyl halides is 3. The molecular weight excluding hydrogens is 405 g/mol. The number of rotatable bonds is 4. The van der Waals surface area contributed by atoms with Crippen molar-refractivity contribution in [2.75, 3.05) is 12.4 Å². The van der Waals surface area contributed by atoms with Crippen molar-refractivity contribution in [3.05, 3.63) is 69.9 Å². The van der Waals surface area contributed by atoms with Crippen LogP contribution in [0.5, 0.6) is 5.75 Å². The molecule has 0 fully saturated rings. The summed E-state index contributed by atoms with van der Waals surface area (Å²) in [6, 6.07) is 11.5. The Morgan fingerprint density at radius 2 is 1.97 bits per heavy atom. The van der Waals surface area contributed by atoms with E-state index < -0.39 is 17.4 Å². The van der Waals surface area contributed by atoms with Crippen molar-refractivity contribution in [3.8, 4) is 17.0 Å². The Bertz CT molecular complexity index is 1250. The van der Waals surface area contributed by atoms with Crippen LogP contribution >= 0.6 is 11.3 Å². The van der Waals surface area contributed by atoms with E-state index in [9.17, 15) is 18.0 Å². The van der Waals surface area contributed by atoms with Crippen LogP contribution in [0.15, 0.2) is 63.1 Å². The molecule has 2 heterocycles. The molecule has 0 unspecified atom stereocenters. The third-order valence-electron chi connectivity index (χ3n) is 4.16. The Hall–Kier alpha value is -3.33. The topological polar surface area (TPSA) is 64.4 Å². The highest BCUT2D eigenvalue weighted by Gasteiger charge is 2.30. The molecule has 148 valence electrons. The summed E-state index contributed by atoms with van der Waals surface area (Å²) in [5, 5.41) is 5.49. The Labute approximate surface area is 166 Å². The second-order valence-corrected chi connectivity index (χ2v) is 6.95. The molecule has 0 amide bonds. The Morgan fingerprint density at radius 3 is 2.72 bits per heavy atom. The molecule has 9 heteroatoms. The smallest absolute Gasteiger partial charge is 0.416 e. The molecule has 29 heavy (non-hydrogen) atoms. The van der Waals surface area contributed by atoms with Crippen molar-refractivity contribution >= 4 is 33.1 Å². The third kappa shape index (κ3) is 3.95. The zero-order valence-corrected chi connectivity index (χ0v) is 15.7. The van der Waals surface area contributed by atoms with Gasteiger partial charge in [-0.3, -0.25) is 0 Å². The Morgan fingerprint density at radius 1 is 1.14 bits per heavy atom. The van der Waals surface area contributed by atoms with Gasteiger partial charge < -0.3 is 14.5 Å². The predicted octanol–water partition coefficient (Wildman–Crippen LogP) is 5.69. The fraction of sp³-hybridized carbons (Fsp3) is 0.100. The minimum atomic E-state index is -4.43. The summed E-state index contributed by atoms with van der Waals surface area (Å²) in [6.07, 6.45) is -4.43. The van der Waals surface area contributed by atoms with Gasteiger partial charge in [0.1, 0.15) is 11.3 Å². The Kier molecular flexibility index (Phi) is 4.75. The van der Waals surface area contributed by atoms with Gasteiger partial charge in [-0.25, -0.2) is 9.78 Å². The number of thiazole rings is 1. The number of ether oxygens (including phenoxy) is 1. The van der Waals surface area contributed by atoms with Gasteiger partial charge in [0.15, 0.2) is 5.13 Å². The largest absolute Gasteiger partial charge is 0.497 e. The number of hydrogen-bond acceptors (Lipinski definition) is 6. The molecule has 0 atom stereocenters. The molecule has 0 saturated heterocycles. The van der Waals surface area contributed by atoms with Gasteiger partial charge in [-0.15, -0.1) is 11.3 Å². The number of hydrogen-bond donors (Lipinski definition) is 1. The number of halogens is 3. The van der Waals surface area contributed by atoms with Gasteiger partial charge in [0, 0.05) is 16.5 Å². The van der Waals surface area contributed by atoms with E-state index in [0.717, 1.165) is 12.1 Å². The monoisotopic (exact) mass is 418 g/mol. The van der Waals surface area contributed by atoms with E-state index in [0.29, 0.717) is 27.5 Å². The fourth-order valence-electron chi connectivity index (χ4n) is 2.76. The van der Waals surface area contributed by atoms with Crippen LogP contribution in [-0.2, 0) is 6.18 Å². The summed E-state index contributed by atoms with van der Waals surface area (Å²) in [4.78, 5) is 16.6. The summed E-state index contributed by atoms with van der Waals surface area (Å²) in [5.41, 5.74) is -0.0443. The quantitative estimate of drug-likeness (QED) is 0.432. The number of benzene rings is 2. The van der Waals surface area contributed by atoms with Gasteiger partial charge >= 0.3 is 11.8 Å². The number of aromatic nitrogens is 1. The molecule has 2 aromatic carbocycles. The lowest BCUT2D eigenvalue weighted by molar-refractivity contribution is -0.137. The predicted molar refractivity (Wildman–Crippen MR) is 105 cm³/mol. The van der Waals surface area contributed by atoms with Crippen LogP contribution in [0.1, 0.15) is 5.56 Å². The highest BCUT2D eigenvalue weighted by atomic mass is 32.1. The summed E-state index contributed by atoms with van der Waals surface area (Å²) < 4.78 is 49.1. The molecule has 2 aromatic heterocycles. The third-order valence-corrected chi connectivity index (χ3v) is 4.92. The van der Waals surface area contributed by atoms with Crippen LogP contribution in [0.4, 0.5) is 24.0 Å². The maximum atomic E-state index is 12.9. The van der Waals surface area contributed by atoms with Gasteiger partial charge in [-0.05, 0) is 42.5 Å². The van der Waals surface area contributed by atoms with Crippen LogP contribution < -0.4 is 15.7 Å². The van der Waals surface area contributed by atoms with Crippen LogP contribution in [0.3, 0.4) is 0 Å². The zero-order chi connectivity index (χ0) is 20.6. The van der Waals surface area contributed by atoms with Crippen molar-refractivity contribution in [2.24, 2.45) is 0 Å². The van der Waals surface area contributed by atoms with E-state index in [-0.39, 0.29) is 11.3 Å². The van der Waals surface area contributed by atoms with Crippen LogP contribution in [0.2, 0.25) is 0 Å². The molecule has 0 spiro atoms. The molecular formula is C20H13F3N2O3S. The van der Waals surface area contributed by atoms with Crippen LogP contribution in [0.25, 0.3) is 22.2 Å². The maximum Gasteiger partial charge on any atom is 0.416 e. The summed E-state index contributed by atoms with van der Waals surface area (Å²) in [5.74, 6) is 0.613. The molecule has 0 saturated carbocycles. The molecule has 5 nitrogen and oxygen atoms in total. The minimum absolute atomic E-state index is 0.246. The lowest BCUT2D eigenvalue weighted by Crippen LogP contribution is -2.05. The molecule has 0 bridgehead atoms. The SMILES string of the molecule is COc1ccc2oc(=O)c(-c3csc(Nc4cccc(C(F)(F)F)c4)n3)cc2c1. The average molecular weight is 418 g/mol. The number of fused-ring (bicyclic) bond motifs is 1. The van der Waals surface area contributed by atoms with E-state index in [1.54, 1.807) is 29.6 Å². The van der Waals surface area contributed by atoms with Crippen molar-refractivity contribution in [1.82, 2.24) is 4.98 Å². The van der Waals surface area contributed by atoms with Crippen molar-refractivity contribution in [2.45, 2.75) is 6.18 Å². The first-order valence-corrected chi connectivity index (χ1v) is 9.23. The fourth-order valence-corrected chi connectivity index (χ4v) is 3.49. The first-order chi connectivity index (χ1) is 13.8. The number of anilines is 2. The van der Waals surface area contributed by atoms with Gasteiger partial charge in [-0.1, -0.05) is 6.07 Å². The minimum Gasteiger partial charge on any atom is -0.497 e. The van der Waals surface area contributed by atoms with Crippen LogP contribution in [0, 0.1) is 0 Å². The summed E-state index contributed by atoms with van der Waals surface area (Å²) in [6.45, 7) is 0. The zero-order valence-electron chi connectivity index (χ0n) is 14.9. The van der Waals surface area contributed by atoms with E-state index >= 15 is 0 Å². The van der Waals surface area contributed by atoms with Crippen molar-refractivity contribution in [3.63, 3.8) is 0 Å². The van der Waals surface area contributed by atoms with Gasteiger partial charge in [0.25, 0.3) is 0 Å². The molecule has 4 rings (SSSR count). The van der Waals surface area contributed by atoms with E-state index in [2.05, 4.69) is 10.3 Å². The first kappa shape index (κ1) is 19.0. The molecule has 0 aliphatic carbocycles. The van der Waals surface area contributed by atoms with E-state index in [1.807, 2.05) is 0 Å². The van der Waals surface area contributed by atoms with E-state index in [1.165, 1.54) is 30.6 Å². The average Bonchev–Trinajstić information content (AvgIpc) is 3.15. The van der Waals surface area contributed by atoms with Crippen molar-refractivity contribution < 1.29 is 22.3 Å². The Balaban J connectivity index is 1.66.